The number of hydrogen-bond donors (Lipinski definition) is 4. The van der Waals surface area contributed by atoms with Crippen LogP contribution in [0.1, 0.15) is 15.9 Å². The van der Waals surface area contributed by atoms with E-state index in [4.69, 9.17) is 15.6 Å². The molecule has 0 aromatic heterocycles. The first-order chi connectivity index (χ1) is 10.1. The molecule has 0 fully saturated rings. The number of primary amides is 1. The topological polar surface area (TPSA) is 114 Å². The van der Waals surface area contributed by atoms with Crippen molar-refractivity contribution in [2.75, 3.05) is 26.8 Å². The van der Waals surface area contributed by atoms with Crippen LogP contribution in [0.3, 0.4) is 0 Å². The predicted octanol–water partition coefficient (Wildman–Crippen LogP) is -0.563. The highest BCUT2D eigenvalue weighted by Gasteiger charge is 2.08. The van der Waals surface area contributed by atoms with Crippen LogP contribution in [0.5, 0.6) is 5.75 Å². The van der Waals surface area contributed by atoms with Gasteiger partial charge in [0.1, 0.15) is 12.4 Å². The van der Waals surface area contributed by atoms with Gasteiger partial charge in [-0.2, -0.15) is 0 Å². The third-order valence-electron chi connectivity index (χ3n) is 2.47. The van der Waals surface area contributed by atoms with E-state index in [9.17, 15) is 9.59 Å². The molecule has 3 amide bonds. The predicted molar refractivity (Wildman–Crippen MR) is 76.9 cm³/mol. The Hall–Kier alpha value is -2.72. The molecule has 0 unspecified atom stereocenters. The molecule has 0 saturated carbocycles. The Morgan fingerprint density at radius 3 is 2.67 bits per heavy atom. The number of urea groups is 1. The molecular formula is C14H17N3O4. The highest BCUT2D eigenvalue weighted by Crippen LogP contribution is 2.18. The number of carbonyl (C=O) groups is 2. The zero-order valence-corrected chi connectivity index (χ0v) is 11.6. The molecule has 0 aliphatic carbocycles. The van der Waals surface area contributed by atoms with Crippen LogP contribution in [0.2, 0.25) is 0 Å². The summed E-state index contributed by atoms with van der Waals surface area (Å²) >= 11 is 0. The molecule has 0 saturated heterocycles. The highest BCUT2D eigenvalue weighted by molar-refractivity contribution is 5.94. The molecule has 0 aliphatic rings. The largest absolute Gasteiger partial charge is 0.495 e. The van der Waals surface area contributed by atoms with Crippen LogP contribution in [0.25, 0.3) is 0 Å². The van der Waals surface area contributed by atoms with Gasteiger partial charge < -0.3 is 26.2 Å². The molecule has 7 nitrogen and oxygen atoms in total. The van der Waals surface area contributed by atoms with Crippen molar-refractivity contribution in [1.29, 1.82) is 0 Å². The van der Waals surface area contributed by atoms with Crippen LogP contribution in [0.4, 0.5) is 4.79 Å². The maximum absolute atomic E-state index is 11.9. The van der Waals surface area contributed by atoms with E-state index in [1.807, 2.05) is 0 Å². The van der Waals surface area contributed by atoms with E-state index < -0.39 is 6.03 Å². The van der Waals surface area contributed by atoms with Crippen molar-refractivity contribution in [3.63, 3.8) is 0 Å². The van der Waals surface area contributed by atoms with E-state index in [1.165, 1.54) is 7.11 Å². The van der Waals surface area contributed by atoms with E-state index in [0.29, 0.717) is 16.9 Å². The van der Waals surface area contributed by atoms with Gasteiger partial charge in [-0.3, -0.25) is 4.79 Å². The number of amides is 3. The summed E-state index contributed by atoms with van der Waals surface area (Å²) in [6, 6.07) is 4.14. The molecule has 0 bridgehead atoms. The molecule has 0 heterocycles. The fourth-order valence-corrected chi connectivity index (χ4v) is 1.55. The average Bonchev–Trinajstić information content (AvgIpc) is 2.48. The second-order valence-electron chi connectivity index (χ2n) is 3.92. The summed E-state index contributed by atoms with van der Waals surface area (Å²) in [5.41, 5.74) is 5.82. The molecule has 5 N–H and O–H groups in total. The molecular weight excluding hydrogens is 274 g/mol. The summed E-state index contributed by atoms with van der Waals surface area (Å²) in [4.78, 5) is 22.4. The summed E-state index contributed by atoms with van der Waals surface area (Å²) in [5.74, 6) is 5.42. The minimum Gasteiger partial charge on any atom is -0.495 e. The van der Waals surface area contributed by atoms with Crippen LogP contribution >= 0.6 is 0 Å². The Morgan fingerprint density at radius 2 is 2.05 bits per heavy atom. The summed E-state index contributed by atoms with van der Waals surface area (Å²) in [6.07, 6.45) is 0. The lowest BCUT2D eigenvalue weighted by molar-refractivity contribution is 0.0954. The zero-order chi connectivity index (χ0) is 15.7. The van der Waals surface area contributed by atoms with Crippen molar-refractivity contribution in [3.05, 3.63) is 29.3 Å². The number of carbonyl (C=O) groups excluding carboxylic acids is 2. The molecule has 1 rings (SSSR count). The van der Waals surface area contributed by atoms with Crippen molar-refractivity contribution in [3.8, 4) is 17.6 Å². The molecule has 1 aromatic carbocycles. The highest BCUT2D eigenvalue weighted by atomic mass is 16.5. The molecule has 1 aromatic rings. The Morgan fingerprint density at radius 1 is 1.33 bits per heavy atom. The van der Waals surface area contributed by atoms with E-state index in [2.05, 4.69) is 22.5 Å². The van der Waals surface area contributed by atoms with Gasteiger partial charge in [-0.05, 0) is 18.2 Å². The Kier molecular flexibility index (Phi) is 6.57. The number of hydrogen-bond acceptors (Lipinski definition) is 4. The molecule has 0 radical (unpaired) electrons. The first kappa shape index (κ1) is 16.3. The van der Waals surface area contributed by atoms with E-state index in [-0.39, 0.29) is 25.6 Å². The molecule has 0 atom stereocenters. The minimum atomic E-state index is -0.643. The maximum atomic E-state index is 11.9. The second kappa shape index (κ2) is 8.45. The fraction of sp³-hybridized carbons (Fsp3) is 0.286. The van der Waals surface area contributed by atoms with Crippen LogP contribution in [0, 0.1) is 11.8 Å². The van der Waals surface area contributed by atoms with Gasteiger partial charge in [0.05, 0.1) is 12.7 Å². The zero-order valence-electron chi connectivity index (χ0n) is 11.6. The lowest BCUT2D eigenvalue weighted by Gasteiger charge is -2.08. The summed E-state index contributed by atoms with van der Waals surface area (Å²) in [7, 11) is 1.49. The van der Waals surface area contributed by atoms with E-state index in [0.717, 1.165) is 0 Å². The summed E-state index contributed by atoms with van der Waals surface area (Å²) in [5, 5.41) is 13.7. The minimum absolute atomic E-state index is 0.244. The average molecular weight is 291 g/mol. The smallest absolute Gasteiger partial charge is 0.312 e. The molecule has 112 valence electrons. The normalized spacial score (nSPS) is 9.24. The molecule has 0 spiro atoms. The van der Waals surface area contributed by atoms with Crippen LogP contribution in [-0.2, 0) is 0 Å². The fourth-order valence-electron chi connectivity index (χ4n) is 1.55. The first-order valence-corrected chi connectivity index (χ1v) is 6.17. The molecule has 7 heteroatoms. The number of nitrogens with two attached hydrogens (primary N) is 1. The first-order valence-electron chi connectivity index (χ1n) is 6.17. The van der Waals surface area contributed by atoms with Gasteiger partial charge in [-0.15, -0.1) is 0 Å². The monoisotopic (exact) mass is 291 g/mol. The third kappa shape index (κ3) is 5.42. The number of aliphatic hydroxyl groups is 1. The van der Waals surface area contributed by atoms with Crippen LogP contribution in [-0.4, -0.2) is 43.9 Å². The molecule has 0 aliphatic heterocycles. The van der Waals surface area contributed by atoms with Crippen molar-refractivity contribution in [2.24, 2.45) is 5.73 Å². The Balaban J connectivity index is 2.74. The van der Waals surface area contributed by atoms with Crippen LogP contribution < -0.4 is 21.1 Å². The summed E-state index contributed by atoms with van der Waals surface area (Å²) in [6.45, 7) is 0.220. The van der Waals surface area contributed by atoms with Gasteiger partial charge in [-0.1, -0.05) is 11.8 Å². The lowest BCUT2D eigenvalue weighted by atomic mass is 10.1. The SMILES string of the molecule is COc1ccc(C(=O)NCCNC(N)=O)cc1C#CCO. The second-order valence-corrected chi connectivity index (χ2v) is 3.92. The van der Waals surface area contributed by atoms with Crippen LogP contribution in [0.15, 0.2) is 18.2 Å². The summed E-state index contributed by atoms with van der Waals surface area (Å²) < 4.78 is 5.12. The van der Waals surface area contributed by atoms with Gasteiger partial charge in [0.25, 0.3) is 5.91 Å². The van der Waals surface area contributed by atoms with Crippen molar-refractivity contribution < 1.29 is 19.4 Å². The Bertz CT molecular complexity index is 575. The quantitative estimate of drug-likeness (QED) is 0.430. The van der Waals surface area contributed by atoms with Gasteiger partial charge in [0.15, 0.2) is 0 Å². The number of rotatable bonds is 5. The van der Waals surface area contributed by atoms with E-state index in [1.54, 1.807) is 18.2 Å². The number of nitrogens with one attached hydrogen (secondary N) is 2. The number of aliphatic hydroxyl groups excluding tert-OH is 1. The van der Waals surface area contributed by atoms with Gasteiger partial charge in [0.2, 0.25) is 0 Å². The van der Waals surface area contributed by atoms with Crippen molar-refractivity contribution >= 4 is 11.9 Å². The van der Waals surface area contributed by atoms with Crippen molar-refractivity contribution in [2.45, 2.75) is 0 Å². The van der Waals surface area contributed by atoms with Gasteiger partial charge in [0, 0.05) is 18.7 Å². The maximum Gasteiger partial charge on any atom is 0.312 e. The third-order valence-corrected chi connectivity index (χ3v) is 2.47. The number of methoxy groups -OCH3 is 1. The number of benzene rings is 1. The van der Waals surface area contributed by atoms with Gasteiger partial charge in [-0.25, -0.2) is 4.79 Å². The van der Waals surface area contributed by atoms with Crippen molar-refractivity contribution in [1.82, 2.24) is 10.6 Å². The standard InChI is InChI=1S/C14H17N3O4/c1-21-12-5-4-11(9-10(12)3-2-8-18)13(19)16-6-7-17-14(15)20/h4-5,9,18H,6-8H2,1H3,(H,16,19)(H3,15,17,20). The lowest BCUT2D eigenvalue weighted by Crippen LogP contribution is -2.37. The Labute approximate surface area is 122 Å². The number of ether oxygens (including phenoxy) is 1. The van der Waals surface area contributed by atoms with E-state index >= 15 is 0 Å². The van der Waals surface area contributed by atoms with Gasteiger partial charge >= 0.3 is 6.03 Å². The molecule has 21 heavy (non-hydrogen) atoms.